The minimum atomic E-state index is -0.466. The van der Waals surface area contributed by atoms with Crippen LogP contribution in [0.4, 0.5) is 11.4 Å². The molecule has 0 aliphatic rings. The van der Waals surface area contributed by atoms with Gasteiger partial charge in [0.1, 0.15) is 11.6 Å². The van der Waals surface area contributed by atoms with Gasteiger partial charge in [-0.1, -0.05) is 43.6 Å². The van der Waals surface area contributed by atoms with Gasteiger partial charge in [-0.3, -0.25) is 4.79 Å². The van der Waals surface area contributed by atoms with Crippen molar-refractivity contribution in [3.8, 4) is 6.07 Å². The first kappa shape index (κ1) is 18.6. The van der Waals surface area contributed by atoms with E-state index in [1.54, 1.807) is 12.1 Å². The molecule has 1 amide bonds. The van der Waals surface area contributed by atoms with Crippen LogP contribution in [0.5, 0.6) is 0 Å². The number of rotatable bonds is 5. The fourth-order valence-corrected chi connectivity index (χ4v) is 2.37. The molecule has 0 atom stereocenters. The summed E-state index contributed by atoms with van der Waals surface area (Å²) in [6.45, 7) is 6.12. The number of hydrogen-bond donors (Lipinski definition) is 2. The fourth-order valence-electron chi connectivity index (χ4n) is 2.20. The lowest BCUT2D eigenvalue weighted by Crippen LogP contribution is -2.14. The van der Waals surface area contributed by atoms with Crippen molar-refractivity contribution in [2.45, 2.75) is 26.7 Å². The third-order valence-corrected chi connectivity index (χ3v) is 4.01. The van der Waals surface area contributed by atoms with Crippen molar-refractivity contribution in [1.29, 1.82) is 5.26 Å². The highest BCUT2D eigenvalue weighted by atomic mass is 35.5. The molecule has 0 aromatic heterocycles. The van der Waals surface area contributed by atoms with Gasteiger partial charge in [0.05, 0.1) is 0 Å². The van der Waals surface area contributed by atoms with Crippen molar-refractivity contribution in [2.75, 3.05) is 10.6 Å². The van der Waals surface area contributed by atoms with E-state index < -0.39 is 5.91 Å². The summed E-state index contributed by atoms with van der Waals surface area (Å²) in [6.07, 6.45) is 1.39. The first-order valence-electron chi connectivity index (χ1n) is 7.95. The lowest BCUT2D eigenvalue weighted by molar-refractivity contribution is -0.112. The molecule has 0 heterocycles. The summed E-state index contributed by atoms with van der Waals surface area (Å²) in [6, 6.07) is 14.9. The molecular weight excluding hydrogens is 334 g/mol. The van der Waals surface area contributed by atoms with Crippen LogP contribution in [0.2, 0.25) is 5.02 Å². The molecule has 128 valence electrons. The molecule has 0 saturated heterocycles. The predicted octanol–water partition coefficient (Wildman–Crippen LogP) is 5.23. The lowest BCUT2D eigenvalue weighted by Gasteiger charge is -2.09. The number of hydrogen-bond acceptors (Lipinski definition) is 3. The Kier molecular flexibility index (Phi) is 6.21. The maximum absolute atomic E-state index is 12.3. The lowest BCUT2D eigenvalue weighted by atomic mass is 10.0. The zero-order valence-corrected chi connectivity index (χ0v) is 15.2. The molecule has 5 heteroatoms. The van der Waals surface area contributed by atoms with Gasteiger partial charge in [0, 0.05) is 22.6 Å². The number of halogens is 1. The zero-order chi connectivity index (χ0) is 18.4. The van der Waals surface area contributed by atoms with Crippen LogP contribution in [0.15, 0.2) is 54.2 Å². The Morgan fingerprint density at radius 1 is 1.20 bits per heavy atom. The molecule has 4 nitrogen and oxygen atoms in total. The van der Waals surface area contributed by atoms with Gasteiger partial charge < -0.3 is 10.6 Å². The molecule has 0 bridgehead atoms. The van der Waals surface area contributed by atoms with Crippen LogP contribution in [0.1, 0.15) is 30.9 Å². The van der Waals surface area contributed by atoms with Gasteiger partial charge in [0.15, 0.2) is 0 Å². The van der Waals surface area contributed by atoms with Crippen molar-refractivity contribution in [3.05, 3.63) is 70.4 Å². The van der Waals surface area contributed by atoms with E-state index in [0.717, 1.165) is 11.3 Å². The Bertz CT molecular complexity index is 833. The number of anilines is 2. The molecule has 0 radical (unpaired) electrons. The summed E-state index contributed by atoms with van der Waals surface area (Å²) in [4.78, 5) is 12.3. The Labute approximate surface area is 153 Å². The SMILES string of the molecule is Cc1ccc(Cl)cc1N/C=C(/C#N)C(=O)Nc1ccc(C(C)C)cc1. The quantitative estimate of drug-likeness (QED) is 0.571. The Hall–Kier alpha value is -2.77. The average molecular weight is 354 g/mol. The zero-order valence-electron chi connectivity index (χ0n) is 14.4. The highest BCUT2D eigenvalue weighted by Gasteiger charge is 2.10. The van der Waals surface area contributed by atoms with Crippen LogP contribution >= 0.6 is 11.6 Å². The number of carbonyl (C=O) groups is 1. The van der Waals surface area contributed by atoms with Crippen molar-refractivity contribution in [3.63, 3.8) is 0 Å². The number of carbonyl (C=O) groups excluding carboxylic acids is 1. The first-order valence-corrected chi connectivity index (χ1v) is 8.32. The minimum absolute atomic E-state index is 0.0210. The number of aryl methyl sites for hydroxylation is 1. The molecule has 0 aliphatic carbocycles. The summed E-state index contributed by atoms with van der Waals surface area (Å²) < 4.78 is 0. The predicted molar refractivity (Wildman–Crippen MR) is 103 cm³/mol. The molecule has 2 rings (SSSR count). The number of nitrogens with zero attached hydrogens (tertiary/aromatic N) is 1. The molecule has 2 aromatic carbocycles. The molecule has 0 fully saturated rings. The average Bonchev–Trinajstić information content (AvgIpc) is 2.58. The molecule has 2 aromatic rings. The monoisotopic (exact) mass is 353 g/mol. The Morgan fingerprint density at radius 2 is 1.88 bits per heavy atom. The smallest absolute Gasteiger partial charge is 0.267 e. The van der Waals surface area contributed by atoms with Gasteiger partial charge in [-0.15, -0.1) is 0 Å². The van der Waals surface area contributed by atoms with Gasteiger partial charge in [-0.05, 0) is 48.2 Å². The van der Waals surface area contributed by atoms with E-state index in [1.807, 2.05) is 43.3 Å². The van der Waals surface area contributed by atoms with Gasteiger partial charge in [0.2, 0.25) is 0 Å². The molecule has 0 unspecified atom stereocenters. The third kappa shape index (κ3) is 5.10. The van der Waals surface area contributed by atoms with Crippen LogP contribution in [0.3, 0.4) is 0 Å². The van der Waals surface area contributed by atoms with E-state index in [4.69, 9.17) is 11.6 Å². The van der Waals surface area contributed by atoms with Gasteiger partial charge in [-0.2, -0.15) is 5.26 Å². The van der Waals surface area contributed by atoms with E-state index in [2.05, 4.69) is 24.5 Å². The minimum Gasteiger partial charge on any atom is -0.360 e. The number of amides is 1. The maximum Gasteiger partial charge on any atom is 0.267 e. The van der Waals surface area contributed by atoms with Gasteiger partial charge in [0.25, 0.3) is 5.91 Å². The molecule has 2 N–H and O–H groups in total. The molecule has 25 heavy (non-hydrogen) atoms. The van der Waals surface area contributed by atoms with Gasteiger partial charge in [-0.25, -0.2) is 0 Å². The summed E-state index contributed by atoms with van der Waals surface area (Å²) in [5, 5.41) is 15.5. The maximum atomic E-state index is 12.3. The highest BCUT2D eigenvalue weighted by molar-refractivity contribution is 6.30. The molecule has 0 saturated carbocycles. The second kappa shape index (κ2) is 8.36. The molecule has 0 aliphatic heterocycles. The van der Waals surface area contributed by atoms with E-state index in [-0.39, 0.29) is 5.57 Å². The van der Waals surface area contributed by atoms with E-state index in [9.17, 15) is 10.1 Å². The molecule has 0 spiro atoms. The second-order valence-corrected chi connectivity index (χ2v) is 6.44. The van der Waals surface area contributed by atoms with E-state index in [1.165, 1.54) is 11.8 Å². The normalized spacial score (nSPS) is 11.1. The van der Waals surface area contributed by atoms with E-state index >= 15 is 0 Å². The third-order valence-electron chi connectivity index (χ3n) is 3.77. The van der Waals surface area contributed by atoms with Crippen LogP contribution < -0.4 is 10.6 Å². The Morgan fingerprint density at radius 3 is 2.48 bits per heavy atom. The summed E-state index contributed by atoms with van der Waals surface area (Å²) in [5.74, 6) is -0.0450. The standard InChI is InChI=1S/C20H20ClN3O/c1-13(2)15-5-8-18(9-6-15)24-20(25)16(11-22)12-23-19-10-17(21)7-4-14(19)3/h4-10,12-13,23H,1-3H3,(H,24,25)/b16-12-. The van der Waals surface area contributed by atoms with Crippen molar-refractivity contribution < 1.29 is 4.79 Å². The van der Waals surface area contributed by atoms with Crippen LogP contribution in [0, 0.1) is 18.3 Å². The fraction of sp³-hybridized carbons (Fsp3) is 0.200. The Balaban J connectivity index is 2.10. The number of benzene rings is 2. The summed E-state index contributed by atoms with van der Waals surface area (Å²) in [7, 11) is 0. The number of nitrogens with one attached hydrogen (secondary N) is 2. The first-order chi connectivity index (χ1) is 11.9. The number of nitriles is 1. The van der Waals surface area contributed by atoms with E-state index in [0.29, 0.717) is 16.6 Å². The highest BCUT2D eigenvalue weighted by Crippen LogP contribution is 2.21. The summed E-state index contributed by atoms with van der Waals surface area (Å²) in [5.41, 5.74) is 3.52. The molecular formula is C20H20ClN3O. The topological polar surface area (TPSA) is 64.9 Å². The largest absolute Gasteiger partial charge is 0.360 e. The van der Waals surface area contributed by atoms with Crippen LogP contribution in [-0.4, -0.2) is 5.91 Å². The van der Waals surface area contributed by atoms with Crippen molar-refractivity contribution in [2.24, 2.45) is 0 Å². The van der Waals surface area contributed by atoms with Crippen LogP contribution in [-0.2, 0) is 4.79 Å². The second-order valence-electron chi connectivity index (χ2n) is 6.00. The van der Waals surface area contributed by atoms with Crippen molar-refractivity contribution >= 4 is 28.9 Å². The van der Waals surface area contributed by atoms with Crippen LogP contribution in [0.25, 0.3) is 0 Å². The van der Waals surface area contributed by atoms with Gasteiger partial charge >= 0.3 is 0 Å². The summed E-state index contributed by atoms with van der Waals surface area (Å²) >= 11 is 5.97. The van der Waals surface area contributed by atoms with Crippen molar-refractivity contribution in [1.82, 2.24) is 0 Å².